The second-order valence-corrected chi connectivity index (χ2v) is 9.91. The number of anilines is 1. The van der Waals surface area contributed by atoms with Gasteiger partial charge < -0.3 is 9.88 Å². The van der Waals surface area contributed by atoms with Crippen LogP contribution in [0.3, 0.4) is 0 Å². The van der Waals surface area contributed by atoms with Gasteiger partial charge in [0.25, 0.3) is 0 Å². The first-order valence-electron chi connectivity index (χ1n) is 11.9. The number of aryl methyl sites for hydroxylation is 2. The van der Waals surface area contributed by atoms with Gasteiger partial charge in [-0.1, -0.05) is 6.07 Å². The number of imidazole rings is 1. The summed E-state index contributed by atoms with van der Waals surface area (Å²) in [7, 11) is 0. The minimum atomic E-state index is -0.860. The van der Waals surface area contributed by atoms with E-state index in [1.165, 1.54) is 0 Å². The highest BCUT2D eigenvalue weighted by molar-refractivity contribution is 6.06. The van der Waals surface area contributed by atoms with Crippen LogP contribution >= 0.6 is 0 Å². The maximum Gasteiger partial charge on any atom is 0.249 e. The van der Waals surface area contributed by atoms with Crippen molar-refractivity contribution in [2.75, 3.05) is 18.4 Å². The van der Waals surface area contributed by atoms with Crippen molar-refractivity contribution in [3.63, 3.8) is 0 Å². The van der Waals surface area contributed by atoms with E-state index in [-0.39, 0.29) is 5.91 Å². The van der Waals surface area contributed by atoms with Gasteiger partial charge in [0.05, 0.1) is 17.0 Å². The van der Waals surface area contributed by atoms with Gasteiger partial charge in [0.2, 0.25) is 5.91 Å². The Labute approximate surface area is 208 Å². The average Bonchev–Trinajstić information content (AvgIpc) is 3.37. The van der Waals surface area contributed by atoms with Crippen LogP contribution < -0.4 is 5.32 Å². The first-order valence-corrected chi connectivity index (χ1v) is 11.9. The van der Waals surface area contributed by atoms with Crippen LogP contribution in [-0.4, -0.2) is 53.4 Å². The van der Waals surface area contributed by atoms with Gasteiger partial charge in [0.1, 0.15) is 34.7 Å². The van der Waals surface area contributed by atoms with Crippen molar-refractivity contribution in [1.82, 2.24) is 34.4 Å². The standard InChI is InChI=1S/C26H25N9O/c1-5-35-22(17-9-28-15(2)29-10-17)33-21-20(30-14-31-23(21)35)16-6-7-19-18(8-16)26(4,24(36)32-19)34-12-25(3,11-27)13-34/h6-10,14H,5,12-13H2,1-4H3,(H,32,36)/t26-/m1/s1. The smallest absolute Gasteiger partial charge is 0.249 e. The number of nitriles is 1. The molecule has 0 radical (unpaired) electrons. The molecular weight excluding hydrogens is 454 g/mol. The zero-order valence-electron chi connectivity index (χ0n) is 20.6. The molecule has 0 aliphatic carbocycles. The number of fused-ring (bicyclic) bond motifs is 2. The lowest BCUT2D eigenvalue weighted by molar-refractivity contribution is -0.134. The fraction of sp³-hybridized carbons (Fsp3) is 0.346. The molecule has 5 heterocycles. The minimum absolute atomic E-state index is 0.0839. The summed E-state index contributed by atoms with van der Waals surface area (Å²) in [5, 5.41) is 12.5. The highest BCUT2D eigenvalue weighted by Gasteiger charge is 2.55. The van der Waals surface area contributed by atoms with Crippen LogP contribution in [0.15, 0.2) is 36.9 Å². The molecule has 1 fully saturated rings. The molecule has 1 N–H and O–H groups in total. The summed E-state index contributed by atoms with van der Waals surface area (Å²) in [6.07, 6.45) is 5.08. The first-order chi connectivity index (χ1) is 17.3. The highest BCUT2D eigenvalue weighted by Crippen LogP contribution is 2.47. The zero-order valence-corrected chi connectivity index (χ0v) is 20.6. The van der Waals surface area contributed by atoms with Gasteiger partial charge in [-0.3, -0.25) is 9.69 Å². The van der Waals surface area contributed by atoms with Crippen molar-refractivity contribution in [2.45, 2.75) is 39.8 Å². The predicted molar refractivity (Wildman–Crippen MR) is 133 cm³/mol. The number of nitrogens with one attached hydrogen (secondary N) is 1. The van der Waals surface area contributed by atoms with Gasteiger partial charge >= 0.3 is 0 Å². The molecule has 10 nitrogen and oxygen atoms in total. The summed E-state index contributed by atoms with van der Waals surface area (Å²) in [5.74, 6) is 1.34. The van der Waals surface area contributed by atoms with Crippen LogP contribution in [0.2, 0.25) is 0 Å². The molecule has 1 atom stereocenters. The normalized spacial score (nSPS) is 20.6. The van der Waals surface area contributed by atoms with E-state index < -0.39 is 11.0 Å². The molecule has 36 heavy (non-hydrogen) atoms. The van der Waals surface area contributed by atoms with E-state index >= 15 is 0 Å². The molecule has 1 amide bonds. The lowest BCUT2D eigenvalue weighted by atomic mass is 9.77. The van der Waals surface area contributed by atoms with Gasteiger partial charge in [-0.2, -0.15) is 5.26 Å². The Kier molecular flexibility index (Phi) is 4.72. The van der Waals surface area contributed by atoms with Crippen LogP contribution in [0.1, 0.15) is 32.2 Å². The van der Waals surface area contributed by atoms with Crippen LogP contribution in [0, 0.1) is 23.7 Å². The van der Waals surface area contributed by atoms with Crippen molar-refractivity contribution >= 4 is 22.8 Å². The third-order valence-corrected chi connectivity index (χ3v) is 7.38. The monoisotopic (exact) mass is 479 g/mol. The van der Waals surface area contributed by atoms with Crippen molar-refractivity contribution in [1.29, 1.82) is 5.26 Å². The second-order valence-electron chi connectivity index (χ2n) is 9.91. The molecule has 10 heteroatoms. The summed E-state index contributed by atoms with van der Waals surface area (Å²) in [6.45, 7) is 9.49. The maximum absolute atomic E-state index is 13.1. The number of rotatable bonds is 4. The largest absolute Gasteiger partial charge is 0.324 e. The van der Waals surface area contributed by atoms with E-state index in [9.17, 15) is 10.1 Å². The molecular formula is C26H25N9O. The van der Waals surface area contributed by atoms with E-state index in [4.69, 9.17) is 4.98 Å². The molecule has 3 aromatic heterocycles. The fourth-order valence-corrected chi connectivity index (χ4v) is 5.24. The number of carbonyl (C=O) groups excluding carboxylic acids is 1. The topological polar surface area (TPSA) is 126 Å². The Morgan fingerprint density at radius 1 is 1.11 bits per heavy atom. The summed E-state index contributed by atoms with van der Waals surface area (Å²) in [4.78, 5) is 37.9. The lowest BCUT2D eigenvalue weighted by Crippen LogP contribution is -2.63. The van der Waals surface area contributed by atoms with Gasteiger partial charge in [-0.05, 0) is 39.8 Å². The minimum Gasteiger partial charge on any atom is -0.324 e. The summed E-state index contributed by atoms with van der Waals surface area (Å²) >= 11 is 0. The molecule has 1 saturated heterocycles. The van der Waals surface area contributed by atoms with Crippen molar-refractivity contribution in [2.24, 2.45) is 5.41 Å². The van der Waals surface area contributed by atoms with Gasteiger partial charge in [0.15, 0.2) is 5.65 Å². The van der Waals surface area contributed by atoms with Crippen LogP contribution in [-0.2, 0) is 16.9 Å². The Balaban J connectivity index is 1.47. The molecule has 0 bridgehead atoms. The summed E-state index contributed by atoms with van der Waals surface area (Å²) < 4.78 is 2.03. The number of likely N-dealkylation sites (tertiary alicyclic amines) is 1. The van der Waals surface area contributed by atoms with Crippen molar-refractivity contribution in [3.05, 3.63) is 48.3 Å². The first kappa shape index (κ1) is 22.2. The number of nitrogens with zero attached hydrogens (tertiary/aromatic N) is 8. The maximum atomic E-state index is 13.1. The Morgan fingerprint density at radius 3 is 2.56 bits per heavy atom. The molecule has 0 spiro atoms. The zero-order chi connectivity index (χ0) is 25.2. The van der Waals surface area contributed by atoms with E-state index in [2.05, 4.69) is 36.2 Å². The third kappa shape index (κ3) is 3.06. The SMILES string of the molecule is CCn1c(-c2cnc(C)nc2)nc2c(-c3ccc4c(c3)[C@@](C)(N3CC(C)(C#N)C3)C(=O)N4)ncnc21. The van der Waals surface area contributed by atoms with Crippen molar-refractivity contribution in [3.8, 4) is 28.7 Å². The number of hydrogen-bond donors (Lipinski definition) is 1. The van der Waals surface area contributed by atoms with Crippen LogP contribution in [0.5, 0.6) is 0 Å². The molecule has 2 aliphatic heterocycles. The number of hydrogen-bond acceptors (Lipinski definition) is 8. The van der Waals surface area contributed by atoms with Crippen molar-refractivity contribution < 1.29 is 4.79 Å². The fourth-order valence-electron chi connectivity index (χ4n) is 5.24. The Hall–Kier alpha value is -4.23. The highest BCUT2D eigenvalue weighted by atomic mass is 16.2. The number of carbonyl (C=O) groups is 1. The molecule has 2 aliphatic rings. The molecule has 6 rings (SSSR count). The molecule has 0 unspecified atom stereocenters. The van der Waals surface area contributed by atoms with E-state index in [0.29, 0.717) is 36.7 Å². The van der Waals surface area contributed by atoms with Crippen LogP contribution in [0.4, 0.5) is 5.69 Å². The van der Waals surface area contributed by atoms with Gasteiger partial charge in [0, 0.05) is 48.8 Å². The van der Waals surface area contributed by atoms with E-state index in [0.717, 1.165) is 33.8 Å². The Morgan fingerprint density at radius 2 is 1.86 bits per heavy atom. The van der Waals surface area contributed by atoms with E-state index in [1.807, 2.05) is 50.5 Å². The van der Waals surface area contributed by atoms with Gasteiger partial charge in [-0.25, -0.2) is 24.9 Å². The average molecular weight is 480 g/mol. The van der Waals surface area contributed by atoms with Gasteiger partial charge in [-0.15, -0.1) is 0 Å². The quantitative estimate of drug-likeness (QED) is 0.473. The lowest BCUT2D eigenvalue weighted by Gasteiger charge is -2.50. The molecule has 0 saturated carbocycles. The summed E-state index contributed by atoms with van der Waals surface area (Å²) in [6, 6.07) is 8.23. The van der Waals surface area contributed by atoms with Crippen LogP contribution in [0.25, 0.3) is 33.8 Å². The number of aromatic nitrogens is 6. The third-order valence-electron chi connectivity index (χ3n) is 7.38. The predicted octanol–water partition coefficient (Wildman–Crippen LogP) is 3.29. The summed E-state index contributed by atoms with van der Waals surface area (Å²) in [5.41, 5.74) is 4.10. The molecule has 1 aromatic carbocycles. The Bertz CT molecular complexity index is 1580. The number of benzene rings is 1. The molecule has 4 aromatic rings. The number of amides is 1. The second kappa shape index (κ2) is 7.63. The molecule has 180 valence electrons. The van der Waals surface area contributed by atoms with E-state index in [1.54, 1.807) is 18.7 Å².